The summed E-state index contributed by atoms with van der Waals surface area (Å²) in [6.07, 6.45) is -2.37. The summed E-state index contributed by atoms with van der Waals surface area (Å²) in [5.74, 6) is 1.43. The SMILES string of the molecule is FC(F)CNC1c2ccccc2Oc2ccccc21. The summed E-state index contributed by atoms with van der Waals surface area (Å²) in [5, 5.41) is 2.90. The van der Waals surface area contributed by atoms with Gasteiger partial charge in [-0.3, -0.25) is 0 Å². The van der Waals surface area contributed by atoms with Crippen LogP contribution in [0.1, 0.15) is 17.2 Å². The number of ether oxygens (including phenoxy) is 1. The van der Waals surface area contributed by atoms with Gasteiger partial charge in [-0.15, -0.1) is 0 Å². The molecule has 2 aromatic rings. The fourth-order valence-electron chi connectivity index (χ4n) is 2.34. The first kappa shape index (κ1) is 12.1. The van der Waals surface area contributed by atoms with Crippen molar-refractivity contribution in [2.45, 2.75) is 12.5 Å². The molecule has 0 amide bonds. The molecule has 0 saturated heterocycles. The lowest BCUT2D eigenvalue weighted by atomic mass is 9.94. The van der Waals surface area contributed by atoms with Gasteiger partial charge in [0.15, 0.2) is 0 Å². The van der Waals surface area contributed by atoms with E-state index in [1.807, 2.05) is 48.5 Å². The number of nitrogens with one attached hydrogen (secondary N) is 1. The van der Waals surface area contributed by atoms with Gasteiger partial charge in [0, 0.05) is 11.1 Å². The van der Waals surface area contributed by atoms with Gasteiger partial charge >= 0.3 is 0 Å². The summed E-state index contributed by atoms with van der Waals surface area (Å²) >= 11 is 0. The van der Waals surface area contributed by atoms with Crippen molar-refractivity contribution in [3.05, 3.63) is 59.7 Å². The lowest BCUT2D eigenvalue weighted by Gasteiger charge is -2.28. The minimum atomic E-state index is -2.37. The summed E-state index contributed by atoms with van der Waals surface area (Å²) < 4.78 is 30.7. The van der Waals surface area contributed by atoms with E-state index in [1.165, 1.54) is 0 Å². The van der Waals surface area contributed by atoms with E-state index in [9.17, 15) is 8.78 Å². The standard InChI is InChI=1S/C15H13F2NO/c16-14(17)9-18-15-10-5-1-3-7-12(10)19-13-8-4-2-6-11(13)15/h1-8,14-15,18H,9H2. The predicted molar refractivity (Wildman–Crippen MR) is 68.8 cm³/mol. The number of para-hydroxylation sites is 2. The topological polar surface area (TPSA) is 21.3 Å². The Morgan fingerprint density at radius 2 is 1.47 bits per heavy atom. The molecule has 1 aliphatic heterocycles. The smallest absolute Gasteiger partial charge is 0.250 e. The van der Waals surface area contributed by atoms with Crippen molar-refractivity contribution in [3.63, 3.8) is 0 Å². The van der Waals surface area contributed by atoms with Crippen LogP contribution in [-0.2, 0) is 0 Å². The molecular formula is C15H13F2NO. The van der Waals surface area contributed by atoms with Gasteiger partial charge in [-0.1, -0.05) is 36.4 Å². The van der Waals surface area contributed by atoms with Gasteiger partial charge in [-0.25, -0.2) is 8.78 Å². The number of fused-ring (bicyclic) bond motifs is 2. The Bertz CT molecular complexity index is 540. The van der Waals surface area contributed by atoms with Crippen LogP contribution in [-0.4, -0.2) is 13.0 Å². The van der Waals surface area contributed by atoms with Crippen LogP contribution in [0.15, 0.2) is 48.5 Å². The zero-order chi connectivity index (χ0) is 13.2. The number of rotatable bonds is 3. The molecule has 1 aliphatic rings. The number of hydrogen-bond acceptors (Lipinski definition) is 2. The van der Waals surface area contributed by atoms with E-state index in [0.29, 0.717) is 11.5 Å². The Morgan fingerprint density at radius 1 is 0.947 bits per heavy atom. The minimum Gasteiger partial charge on any atom is -0.457 e. The second kappa shape index (κ2) is 4.97. The second-order valence-corrected chi connectivity index (χ2v) is 4.41. The fraction of sp³-hybridized carbons (Fsp3) is 0.200. The molecule has 19 heavy (non-hydrogen) atoms. The third-order valence-corrected chi connectivity index (χ3v) is 3.16. The lowest BCUT2D eigenvalue weighted by molar-refractivity contribution is 0.142. The molecular weight excluding hydrogens is 248 g/mol. The fourth-order valence-corrected chi connectivity index (χ4v) is 2.34. The van der Waals surface area contributed by atoms with Crippen molar-refractivity contribution < 1.29 is 13.5 Å². The highest BCUT2D eigenvalue weighted by molar-refractivity contribution is 5.52. The monoisotopic (exact) mass is 261 g/mol. The Balaban J connectivity index is 2.01. The van der Waals surface area contributed by atoms with Crippen molar-refractivity contribution >= 4 is 0 Å². The maximum Gasteiger partial charge on any atom is 0.250 e. The molecule has 0 radical (unpaired) electrons. The van der Waals surface area contributed by atoms with Gasteiger partial charge in [-0.2, -0.15) is 0 Å². The van der Waals surface area contributed by atoms with Gasteiger partial charge in [0.05, 0.1) is 12.6 Å². The molecule has 1 N–H and O–H groups in total. The van der Waals surface area contributed by atoms with Crippen LogP contribution in [0, 0.1) is 0 Å². The maximum absolute atomic E-state index is 12.4. The van der Waals surface area contributed by atoms with Gasteiger partial charge in [-0.05, 0) is 12.1 Å². The zero-order valence-corrected chi connectivity index (χ0v) is 10.1. The molecule has 0 aliphatic carbocycles. The van der Waals surface area contributed by atoms with Gasteiger partial charge in [0.1, 0.15) is 11.5 Å². The van der Waals surface area contributed by atoms with Gasteiger partial charge in [0.25, 0.3) is 6.43 Å². The molecule has 0 spiro atoms. The minimum absolute atomic E-state index is 0.254. The van der Waals surface area contributed by atoms with Crippen LogP contribution >= 0.6 is 0 Å². The Labute approximate surface area is 110 Å². The van der Waals surface area contributed by atoms with E-state index in [-0.39, 0.29) is 12.6 Å². The average molecular weight is 261 g/mol. The Hall–Kier alpha value is -1.94. The van der Waals surface area contributed by atoms with Crippen molar-refractivity contribution in [1.29, 1.82) is 0 Å². The summed E-state index contributed by atoms with van der Waals surface area (Å²) in [4.78, 5) is 0. The van der Waals surface area contributed by atoms with Crippen molar-refractivity contribution in [3.8, 4) is 11.5 Å². The number of hydrogen-bond donors (Lipinski definition) is 1. The first-order chi connectivity index (χ1) is 9.25. The molecule has 0 aromatic heterocycles. The van der Waals surface area contributed by atoms with Crippen molar-refractivity contribution in [2.24, 2.45) is 0 Å². The number of alkyl halides is 2. The first-order valence-electron chi connectivity index (χ1n) is 6.13. The van der Waals surface area contributed by atoms with Crippen molar-refractivity contribution in [2.75, 3.05) is 6.54 Å². The first-order valence-corrected chi connectivity index (χ1v) is 6.13. The highest BCUT2D eigenvalue weighted by Gasteiger charge is 2.26. The maximum atomic E-state index is 12.4. The summed E-state index contributed by atoms with van der Waals surface area (Å²) in [5.41, 5.74) is 1.78. The van der Waals surface area contributed by atoms with E-state index in [1.54, 1.807) is 0 Å². The predicted octanol–water partition coefficient (Wildman–Crippen LogP) is 3.74. The highest BCUT2D eigenvalue weighted by atomic mass is 19.3. The molecule has 3 rings (SSSR count). The van der Waals surface area contributed by atoms with E-state index in [2.05, 4.69) is 5.32 Å². The Kier molecular flexibility index (Phi) is 3.17. The van der Waals surface area contributed by atoms with Crippen LogP contribution < -0.4 is 10.1 Å². The van der Waals surface area contributed by atoms with Crippen LogP contribution in [0.5, 0.6) is 11.5 Å². The normalized spacial score (nSPS) is 13.8. The van der Waals surface area contributed by atoms with E-state index in [0.717, 1.165) is 11.1 Å². The molecule has 98 valence electrons. The molecule has 0 bridgehead atoms. The van der Waals surface area contributed by atoms with Gasteiger partial charge < -0.3 is 10.1 Å². The van der Waals surface area contributed by atoms with E-state index >= 15 is 0 Å². The molecule has 0 saturated carbocycles. The van der Waals surface area contributed by atoms with E-state index in [4.69, 9.17) is 4.74 Å². The van der Waals surface area contributed by atoms with Crippen LogP contribution in [0.25, 0.3) is 0 Å². The van der Waals surface area contributed by atoms with Crippen LogP contribution in [0.2, 0.25) is 0 Å². The molecule has 2 nitrogen and oxygen atoms in total. The molecule has 0 unspecified atom stereocenters. The largest absolute Gasteiger partial charge is 0.457 e. The lowest BCUT2D eigenvalue weighted by Crippen LogP contribution is -2.29. The summed E-state index contributed by atoms with van der Waals surface area (Å²) in [6.45, 7) is -0.340. The van der Waals surface area contributed by atoms with Crippen LogP contribution in [0.3, 0.4) is 0 Å². The van der Waals surface area contributed by atoms with Gasteiger partial charge in [0.2, 0.25) is 0 Å². The molecule has 0 atom stereocenters. The third kappa shape index (κ3) is 2.31. The Morgan fingerprint density at radius 3 is 2.00 bits per heavy atom. The summed E-state index contributed by atoms with van der Waals surface area (Å²) in [6, 6.07) is 14.7. The summed E-state index contributed by atoms with van der Waals surface area (Å²) in [7, 11) is 0. The third-order valence-electron chi connectivity index (χ3n) is 3.16. The van der Waals surface area contributed by atoms with Crippen LogP contribution in [0.4, 0.5) is 8.78 Å². The zero-order valence-electron chi connectivity index (χ0n) is 10.1. The average Bonchev–Trinajstić information content (AvgIpc) is 2.43. The quantitative estimate of drug-likeness (QED) is 0.908. The molecule has 1 heterocycles. The molecule has 2 aromatic carbocycles. The van der Waals surface area contributed by atoms with Crippen molar-refractivity contribution in [1.82, 2.24) is 5.32 Å². The highest BCUT2D eigenvalue weighted by Crippen LogP contribution is 2.42. The number of halogens is 2. The molecule has 0 fully saturated rings. The van der Waals surface area contributed by atoms with E-state index < -0.39 is 6.43 Å². The second-order valence-electron chi connectivity index (χ2n) is 4.41. The number of benzene rings is 2. The molecule has 4 heteroatoms.